The Morgan fingerprint density at radius 1 is 1.05 bits per heavy atom. The predicted molar refractivity (Wildman–Crippen MR) is 143 cm³/mol. The Bertz CT molecular complexity index is 975. The summed E-state index contributed by atoms with van der Waals surface area (Å²) in [6.45, 7) is 15.6. The molecule has 1 aliphatic heterocycles. The molecule has 1 aromatic carbocycles. The molecule has 0 saturated carbocycles. The van der Waals surface area contributed by atoms with Crippen LogP contribution in [0.5, 0.6) is 5.75 Å². The number of rotatable bonds is 7. The largest absolute Gasteiger partial charge is 0.485 e. The van der Waals surface area contributed by atoms with Crippen molar-refractivity contribution >= 4 is 12.6 Å². The number of hydrogen-bond donors (Lipinski definition) is 0. The third-order valence-electron chi connectivity index (χ3n) is 5.67. The molecule has 0 bridgehead atoms. The van der Waals surface area contributed by atoms with Gasteiger partial charge in [0, 0.05) is 19.5 Å². The monoisotopic (exact) mass is 513 g/mol. The highest BCUT2D eigenvalue weighted by Crippen LogP contribution is 2.24. The van der Waals surface area contributed by atoms with Crippen LogP contribution in [0.1, 0.15) is 77.9 Å². The van der Waals surface area contributed by atoms with Crippen molar-refractivity contribution in [1.82, 2.24) is 14.9 Å². The Kier molecular flexibility index (Phi) is 11.3. The lowest BCUT2D eigenvalue weighted by molar-refractivity contribution is -0.138. The molecule has 8 nitrogen and oxygen atoms in total. The van der Waals surface area contributed by atoms with E-state index in [1.54, 1.807) is 6.20 Å². The van der Waals surface area contributed by atoms with Gasteiger partial charge in [-0.15, -0.1) is 0 Å². The number of aryl methyl sites for hydroxylation is 2. The molecule has 1 amide bonds. The van der Waals surface area contributed by atoms with Crippen molar-refractivity contribution < 1.29 is 23.8 Å². The molecule has 1 aromatic heterocycles. The van der Waals surface area contributed by atoms with Gasteiger partial charge in [-0.3, -0.25) is 4.79 Å². The summed E-state index contributed by atoms with van der Waals surface area (Å²) in [6.07, 6.45) is 5.45. The molecule has 2 heterocycles. The molecule has 0 radical (unpaired) electrons. The molecule has 0 aliphatic carbocycles. The van der Waals surface area contributed by atoms with E-state index < -0.39 is 5.60 Å². The molecule has 3 rings (SSSR count). The lowest BCUT2D eigenvalue weighted by Crippen LogP contribution is -2.41. The summed E-state index contributed by atoms with van der Waals surface area (Å²) in [6, 6.07) is 10.1. The predicted octanol–water partition coefficient (Wildman–Crippen LogP) is 5.90. The fourth-order valence-electron chi connectivity index (χ4n) is 3.71. The van der Waals surface area contributed by atoms with E-state index in [-0.39, 0.29) is 11.7 Å². The third-order valence-corrected chi connectivity index (χ3v) is 5.67. The summed E-state index contributed by atoms with van der Waals surface area (Å²) in [4.78, 5) is 32.7. The van der Waals surface area contributed by atoms with Crippen molar-refractivity contribution in [3.05, 3.63) is 53.6 Å². The third kappa shape index (κ3) is 12.1. The number of likely N-dealkylation sites (tertiary alicyclic amines) is 1. The highest BCUT2D eigenvalue weighted by molar-refractivity contribution is 5.68. The molecule has 204 valence electrons. The van der Waals surface area contributed by atoms with E-state index in [4.69, 9.17) is 9.47 Å². The molecule has 0 unspecified atom stereocenters. The van der Waals surface area contributed by atoms with E-state index in [2.05, 4.69) is 14.7 Å². The summed E-state index contributed by atoms with van der Waals surface area (Å²) in [5, 5.41) is 0. The zero-order chi connectivity index (χ0) is 27.5. The number of hydrogen-bond acceptors (Lipinski definition) is 7. The Morgan fingerprint density at radius 3 is 2.22 bits per heavy atom. The second-order valence-electron chi connectivity index (χ2n) is 11.3. The molecule has 1 fully saturated rings. The summed E-state index contributed by atoms with van der Waals surface area (Å²) < 4.78 is 15.9. The van der Waals surface area contributed by atoms with Gasteiger partial charge in [0.05, 0.1) is 11.9 Å². The van der Waals surface area contributed by atoms with E-state index in [0.29, 0.717) is 19.0 Å². The van der Waals surface area contributed by atoms with Gasteiger partial charge in [-0.1, -0.05) is 30.3 Å². The smallest absolute Gasteiger partial charge is 0.410 e. The van der Waals surface area contributed by atoms with Crippen LogP contribution in [-0.2, 0) is 27.3 Å². The molecular weight excluding hydrogens is 470 g/mol. The first-order valence-electron chi connectivity index (χ1n) is 12.9. The minimum atomic E-state index is -0.444. The maximum Gasteiger partial charge on any atom is 0.410 e. The molecular formula is C29H43N3O5. The van der Waals surface area contributed by atoms with Crippen molar-refractivity contribution in [3.63, 3.8) is 0 Å². The molecule has 2 aromatic rings. The summed E-state index contributed by atoms with van der Waals surface area (Å²) >= 11 is 0. The fraction of sp³-hybridized carbons (Fsp3) is 0.586. The van der Waals surface area contributed by atoms with Crippen LogP contribution in [-0.4, -0.2) is 51.7 Å². The van der Waals surface area contributed by atoms with Gasteiger partial charge in [0.25, 0.3) is 6.47 Å². The van der Waals surface area contributed by atoms with E-state index >= 15 is 0 Å². The second-order valence-corrected chi connectivity index (χ2v) is 11.3. The van der Waals surface area contributed by atoms with E-state index in [1.807, 2.05) is 83.7 Å². The van der Waals surface area contributed by atoms with Crippen molar-refractivity contribution in [2.24, 2.45) is 5.92 Å². The molecule has 0 atom stereocenters. The van der Waals surface area contributed by atoms with Gasteiger partial charge in [-0.05, 0) is 79.2 Å². The zero-order valence-electron chi connectivity index (χ0n) is 23.5. The minimum absolute atomic E-state index is 0.203. The summed E-state index contributed by atoms with van der Waals surface area (Å²) in [5.74, 6) is 2.17. The van der Waals surface area contributed by atoms with Gasteiger partial charge in [0.1, 0.15) is 23.6 Å². The van der Waals surface area contributed by atoms with Crippen LogP contribution in [0.25, 0.3) is 0 Å². The molecule has 1 saturated heterocycles. The lowest BCUT2D eigenvalue weighted by Gasteiger charge is -2.33. The van der Waals surface area contributed by atoms with Crippen LogP contribution in [0, 0.1) is 12.8 Å². The number of carbonyl (C=O) groups is 2. The van der Waals surface area contributed by atoms with Gasteiger partial charge in [0.15, 0.2) is 5.75 Å². The van der Waals surface area contributed by atoms with Crippen LogP contribution in [0.15, 0.2) is 36.5 Å². The Labute approximate surface area is 221 Å². The first-order valence-corrected chi connectivity index (χ1v) is 12.9. The standard InChI is InChI=1S/C24H33N3O3.C5H10O2/c1-18-21(29-17-20-8-6-5-7-9-20)16-25-22(26-18)11-10-19-12-14-27(15-13-19)23(28)30-24(2,3)4;1-5(2,3)7-4-6/h5-9,16,19H,10-15,17H2,1-4H3;4H,1-3H3. The second kappa shape index (κ2) is 14.0. The zero-order valence-corrected chi connectivity index (χ0v) is 23.5. The quantitative estimate of drug-likeness (QED) is 0.426. The highest BCUT2D eigenvalue weighted by Gasteiger charge is 2.26. The van der Waals surface area contributed by atoms with Gasteiger partial charge < -0.3 is 19.1 Å². The summed E-state index contributed by atoms with van der Waals surface area (Å²) in [5.41, 5.74) is 1.23. The van der Waals surface area contributed by atoms with Gasteiger partial charge in [-0.25, -0.2) is 14.8 Å². The number of nitrogens with zero attached hydrogens (tertiary/aromatic N) is 3. The number of piperidine rings is 1. The van der Waals surface area contributed by atoms with E-state index in [0.717, 1.165) is 61.6 Å². The Hall–Kier alpha value is -3.16. The maximum atomic E-state index is 12.2. The number of carbonyl (C=O) groups excluding carboxylic acids is 2. The van der Waals surface area contributed by atoms with E-state index in [1.165, 1.54) is 0 Å². The first-order chi connectivity index (χ1) is 17.4. The van der Waals surface area contributed by atoms with Crippen LogP contribution < -0.4 is 4.74 Å². The first kappa shape index (κ1) is 30.1. The highest BCUT2D eigenvalue weighted by atomic mass is 16.6. The van der Waals surface area contributed by atoms with Crippen molar-refractivity contribution in [1.29, 1.82) is 0 Å². The average Bonchev–Trinajstić information content (AvgIpc) is 2.82. The number of ether oxygens (including phenoxy) is 3. The Balaban J connectivity index is 0.000000604. The SMILES string of the molecule is CC(C)(C)OC=O.Cc1nc(CCC2CCN(C(=O)OC(C)(C)C)CC2)ncc1OCc1ccccc1. The van der Waals surface area contributed by atoms with Crippen molar-refractivity contribution in [2.45, 2.75) is 92.0 Å². The molecule has 0 spiro atoms. The lowest BCUT2D eigenvalue weighted by atomic mass is 9.92. The van der Waals surface area contributed by atoms with Gasteiger partial charge in [0.2, 0.25) is 0 Å². The van der Waals surface area contributed by atoms with Crippen molar-refractivity contribution in [3.8, 4) is 5.75 Å². The molecule has 1 aliphatic rings. The van der Waals surface area contributed by atoms with E-state index in [9.17, 15) is 9.59 Å². The number of aromatic nitrogens is 2. The maximum absolute atomic E-state index is 12.2. The molecule has 0 N–H and O–H groups in total. The summed E-state index contributed by atoms with van der Waals surface area (Å²) in [7, 11) is 0. The molecule has 8 heteroatoms. The Morgan fingerprint density at radius 2 is 1.70 bits per heavy atom. The van der Waals surface area contributed by atoms with Crippen LogP contribution in [0.3, 0.4) is 0 Å². The normalized spacial score (nSPS) is 14.3. The topological polar surface area (TPSA) is 90.9 Å². The van der Waals surface area contributed by atoms with Crippen molar-refractivity contribution in [2.75, 3.05) is 13.1 Å². The van der Waals surface area contributed by atoms with Crippen LogP contribution >= 0.6 is 0 Å². The number of amides is 1. The minimum Gasteiger partial charge on any atom is -0.485 e. The number of benzene rings is 1. The van der Waals surface area contributed by atoms with Gasteiger partial charge >= 0.3 is 6.09 Å². The van der Waals surface area contributed by atoms with Crippen LogP contribution in [0.2, 0.25) is 0 Å². The van der Waals surface area contributed by atoms with Crippen LogP contribution in [0.4, 0.5) is 4.79 Å². The molecule has 37 heavy (non-hydrogen) atoms. The fourth-order valence-corrected chi connectivity index (χ4v) is 3.71. The van der Waals surface area contributed by atoms with Gasteiger partial charge in [-0.2, -0.15) is 0 Å². The average molecular weight is 514 g/mol.